The fraction of sp³-hybridized carbons (Fsp3) is 0.368. The first-order valence-electron chi connectivity index (χ1n) is 8.40. The normalized spacial score (nSPS) is 16.2. The van der Waals surface area contributed by atoms with Gasteiger partial charge >= 0.3 is 0 Å². The number of thiophene rings is 1. The number of fused-ring (bicyclic) bond motifs is 1. The van der Waals surface area contributed by atoms with Gasteiger partial charge in [0, 0.05) is 30.2 Å². The molecule has 0 bridgehead atoms. The fourth-order valence-corrected chi connectivity index (χ4v) is 4.61. The summed E-state index contributed by atoms with van der Waals surface area (Å²) in [5.74, 6) is -0.102. The van der Waals surface area contributed by atoms with E-state index in [1.165, 1.54) is 16.2 Å². The highest BCUT2D eigenvalue weighted by Crippen LogP contribution is 2.39. The van der Waals surface area contributed by atoms with E-state index in [0.29, 0.717) is 22.0 Å². The summed E-state index contributed by atoms with van der Waals surface area (Å²) in [7, 11) is 3.85. The first-order chi connectivity index (χ1) is 11.9. The van der Waals surface area contributed by atoms with Crippen LogP contribution in [0.3, 0.4) is 0 Å². The van der Waals surface area contributed by atoms with Crippen molar-refractivity contribution in [1.82, 2.24) is 0 Å². The van der Waals surface area contributed by atoms with E-state index < -0.39 is 5.91 Å². The van der Waals surface area contributed by atoms with E-state index in [1.807, 2.05) is 37.2 Å². The molecule has 1 unspecified atom stereocenters. The van der Waals surface area contributed by atoms with Gasteiger partial charge in [-0.25, -0.2) is 0 Å². The number of amides is 2. The lowest BCUT2D eigenvalue weighted by atomic mass is 9.88. The molecular weight excluding hydrogens is 334 g/mol. The summed E-state index contributed by atoms with van der Waals surface area (Å²) < 4.78 is 0. The Bertz CT molecular complexity index is 826. The van der Waals surface area contributed by atoms with Crippen molar-refractivity contribution in [2.24, 2.45) is 11.7 Å². The van der Waals surface area contributed by atoms with Crippen LogP contribution >= 0.6 is 11.3 Å². The van der Waals surface area contributed by atoms with Crippen LogP contribution in [0.2, 0.25) is 0 Å². The van der Waals surface area contributed by atoms with Gasteiger partial charge in [0.2, 0.25) is 0 Å². The summed E-state index contributed by atoms with van der Waals surface area (Å²) >= 11 is 1.48. The first-order valence-corrected chi connectivity index (χ1v) is 9.21. The molecular formula is C19H23N3O2S. The Morgan fingerprint density at radius 1 is 1.32 bits per heavy atom. The highest BCUT2D eigenvalue weighted by molar-refractivity contribution is 7.17. The molecule has 0 saturated carbocycles. The minimum absolute atomic E-state index is 0.224. The van der Waals surface area contributed by atoms with Crippen molar-refractivity contribution >= 4 is 33.8 Å². The quantitative estimate of drug-likeness (QED) is 0.882. The Kier molecular flexibility index (Phi) is 4.81. The van der Waals surface area contributed by atoms with Crippen molar-refractivity contribution in [3.05, 3.63) is 45.8 Å². The van der Waals surface area contributed by atoms with Crippen molar-refractivity contribution < 1.29 is 9.59 Å². The monoisotopic (exact) mass is 357 g/mol. The number of carbonyl (C=O) groups is 2. The molecule has 1 aliphatic carbocycles. The number of benzene rings is 1. The predicted octanol–water partition coefficient (Wildman–Crippen LogP) is 3.29. The minimum Gasteiger partial charge on any atom is -0.378 e. The molecule has 2 amide bonds. The maximum atomic E-state index is 12.7. The number of nitrogens with two attached hydrogens (primary N) is 1. The third kappa shape index (κ3) is 3.54. The molecule has 0 radical (unpaired) electrons. The Hall–Kier alpha value is -2.34. The van der Waals surface area contributed by atoms with Gasteiger partial charge in [-0.2, -0.15) is 0 Å². The second-order valence-electron chi connectivity index (χ2n) is 6.82. The van der Waals surface area contributed by atoms with E-state index in [0.717, 1.165) is 30.5 Å². The van der Waals surface area contributed by atoms with Gasteiger partial charge in [-0.1, -0.05) is 13.0 Å². The third-order valence-electron chi connectivity index (χ3n) is 4.61. The number of primary amides is 1. The maximum Gasteiger partial charge on any atom is 0.256 e. The number of hydrogen-bond acceptors (Lipinski definition) is 4. The average molecular weight is 357 g/mol. The van der Waals surface area contributed by atoms with Crippen LogP contribution in [-0.2, 0) is 12.8 Å². The van der Waals surface area contributed by atoms with Gasteiger partial charge in [-0.3, -0.25) is 9.59 Å². The molecule has 0 aliphatic heterocycles. The molecule has 6 heteroatoms. The predicted molar refractivity (Wildman–Crippen MR) is 103 cm³/mol. The molecule has 5 nitrogen and oxygen atoms in total. The zero-order chi connectivity index (χ0) is 18.1. The van der Waals surface area contributed by atoms with Crippen molar-refractivity contribution in [2.45, 2.75) is 26.2 Å². The number of nitrogens with zero attached hydrogens (tertiary/aromatic N) is 1. The molecule has 0 spiro atoms. The molecule has 1 atom stereocenters. The maximum absolute atomic E-state index is 12.7. The Balaban J connectivity index is 1.91. The third-order valence-corrected chi connectivity index (χ3v) is 5.78. The molecule has 0 fully saturated rings. The molecule has 1 aromatic heterocycles. The average Bonchev–Trinajstić information content (AvgIpc) is 2.91. The first kappa shape index (κ1) is 17.5. The lowest BCUT2D eigenvalue weighted by molar-refractivity contribution is 0.1000. The lowest BCUT2D eigenvalue weighted by Crippen LogP contribution is -2.19. The van der Waals surface area contributed by atoms with Crippen LogP contribution in [0.1, 0.15) is 44.5 Å². The summed E-state index contributed by atoms with van der Waals surface area (Å²) in [6, 6.07) is 7.38. The van der Waals surface area contributed by atoms with E-state index in [-0.39, 0.29) is 5.91 Å². The Labute approximate surface area is 151 Å². The van der Waals surface area contributed by atoms with Gasteiger partial charge in [-0.15, -0.1) is 11.3 Å². The van der Waals surface area contributed by atoms with Crippen LogP contribution in [0.4, 0.5) is 10.7 Å². The standard InChI is InChI=1S/C19H23N3O2S/c1-11-7-8-14-15(9-11)25-19(16(14)17(20)23)21-18(24)12-5-4-6-13(10-12)22(2)3/h4-6,10-11H,7-9H2,1-3H3,(H2,20,23)(H,21,24). The van der Waals surface area contributed by atoms with Crippen LogP contribution in [-0.4, -0.2) is 25.9 Å². The van der Waals surface area contributed by atoms with Crippen LogP contribution in [0.15, 0.2) is 24.3 Å². The highest BCUT2D eigenvalue weighted by atomic mass is 32.1. The molecule has 3 rings (SSSR count). The smallest absolute Gasteiger partial charge is 0.256 e. The Morgan fingerprint density at radius 2 is 2.08 bits per heavy atom. The molecule has 132 valence electrons. The SMILES string of the molecule is CC1CCc2c(sc(NC(=O)c3cccc(N(C)C)c3)c2C(N)=O)C1. The van der Waals surface area contributed by atoms with Crippen LogP contribution in [0.5, 0.6) is 0 Å². The topological polar surface area (TPSA) is 75.4 Å². The number of nitrogens with one attached hydrogen (secondary N) is 1. The van der Waals surface area contributed by atoms with Gasteiger partial charge in [0.15, 0.2) is 0 Å². The molecule has 2 aromatic rings. The number of hydrogen-bond donors (Lipinski definition) is 2. The van der Waals surface area contributed by atoms with Crippen LogP contribution in [0.25, 0.3) is 0 Å². The minimum atomic E-state index is -0.468. The second kappa shape index (κ2) is 6.88. The molecule has 3 N–H and O–H groups in total. The van der Waals surface area contributed by atoms with Gasteiger partial charge in [0.05, 0.1) is 5.56 Å². The van der Waals surface area contributed by atoms with Crippen LogP contribution < -0.4 is 16.0 Å². The summed E-state index contributed by atoms with van der Waals surface area (Å²) in [4.78, 5) is 27.7. The van der Waals surface area contributed by atoms with Crippen molar-refractivity contribution in [3.8, 4) is 0 Å². The van der Waals surface area contributed by atoms with E-state index in [9.17, 15) is 9.59 Å². The number of anilines is 2. The van der Waals surface area contributed by atoms with Crippen LogP contribution in [0, 0.1) is 5.92 Å². The van der Waals surface area contributed by atoms with E-state index in [2.05, 4.69) is 12.2 Å². The summed E-state index contributed by atoms with van der Waals surface area (Å²) in [5.41, 5.74) is 8.62. The molecule has 1 aliphatic rings. The van der Waals surface area contributed by atoms with Crippen molar-refractivity contribution in [2.75, 3.05) is 24.3 Å². The number of carbonyl (C=O) groups excluding carboxylic acids is 2. The van der Waals surface area contributed by atoms with Crippen molar-refractivity contribution in [1.29, 1.82) is 0 Å². The lowest BCUT2D eigenvalue weighted by Gasteiger charge is -2.18. The summed E-state index contributed by atoms with van der Waals surface area (Å²) in [6.45, 7) is 2.21. The van der Waals surface area contributed by atoms with E-state index >= 15 is 0 Å². The summed E-state index contributed by atoms with van der Waals surface area (Å²) in [6.07, 6.45) is 2.83. The van der Waals surface area contributed by atoms with Gasteiger partial charge < -0.3 is 16.0 Å². The van der Waals surface area contributed by atoms with E-state index in [1.54, 1.807) is 6.07 Å². The van der Waals surface area contributed by atoms with Gasteiger partial charge in [0.25, 0.3) is 11.8 Å². The molecule has 1 aromatic carbocycles. The summed E-state index contributed by atoms with van der Waals surface area (Å²) in [5, 5.41) is 3.48. The van der Waals surface area contributed by atoms with Gasteiger partial charge in [0.1, 0.15) is 5.00 Å². The van der Waals surface area contributed by atoms with Crippen molar-refractivity contribution in [3.63, 3.8) is 0 Å². The number of rotatable bonds is 4. The molecule has 0 saturated heterocycles. The van der Waals surface area contributed by atoms with E-state index in [4.69, 9.17) is 5.73 Å². The zero-order valence-corrected chi connectivity index (χ0v) is 15.6. The van der Waals surface area contributed by atoms with Gasteiger partial charge in [-0.05, 0) is 48.9 Å². The zero-order valence-electron chi connectivity index (χ0n) is 14.8. The Morgan fingerprint density at radius 3 is 2.76 bits per heavy atom. The second-order valence-corrected chi connectivity index (χ2v) is 7.92. The molecule has 25 heavy (non-hydrogen) atoms. The highest BCUT2D eigenvalue weighted by Gasteiger charge is 2.27. The molecule has 1 heterocycles. The largest absolute Gasteiger partial charge is 0.378 e. The fourth-order valence-electron chi connectivity index (χ4n) is 3.20.